The second kappa shape index (κ2) is 14.2. The molecule has 14 nitrogen and oxygen atoms in total. The van der Waals surface area contributed by atoms with Gasteiger partial charge in [-0.3, -0.25) is 24.0 Å². The van der Waals surface area contributed by atoms with Gasteiger partial charge in [0.1, 0.15) is 23.7 Å². The number of hydrogen-bond donors (Lipinski definition) is 3. The second-order valence-corrected chi connectivity index (χ2v) is 16.5. The summed E-state index contributed by atoms with van der Waals surface area (Å²) in [7, 11) is -3.90. The van der Waals surface area contributed by atoms with Crippen molar-refractivity contribution in [2.75, 3.05) is 13.2 Å². The van der Waals surface area contributed by atoms with Gasteiger partial charge in [0.2, 0.25) is 21.8 Å². The monoisotopic (exact) mass is 713 g/mol. The molecule has 15 heteroatoms. The van der Waals surface area contributed by atoms with Crippen molar-refractivity contribution in [1.29, 1.82) is 0 Å². The molecule has 50 heavy (non-hydrogen) atoms. The van der Waals surface area contributed by atoms with Crippen molar-refractivity contribution in [2.45, 2.75) is 114 Å². The highest BCUT2D eigenvalue weighted by Gasteiger charge is 2.62. The van der Waals surface area contributed by atoms with Gasteiger partial charge in [0.25, 0.3) is 5.91 Å². The molecule has 1 aromatic carbocycles. The third-order valence-electron chi connectivity index (χ3n) is 10.5. The molecule has 4 bridgehead atoms. The van der Waals surface area contributed by atoms with Gasteiger partial charge < -0.3 is 25.0 Å². The molecular weight excluding hydrogens is 666 g/mol. The summed E-state index contributed by atoms with van der Waals surface area (Å²) in [4.78, 5) is 70.8. The van der Waals surface area contributed by atoms with Crippen LogP contribution in [0, 0.1) is 11.8 Å². The lowest BCUT2D eigenvalue weighted by atomic mass is 9.98. The molecule has 2 saturated carbocycles. The number of cyclic esters (lactones) is 1. The first-order chi connectivity index (χ1) is 23.8. The first-order valence-corrected chi connectivity index (χ1v) is 19.2. The fourth-order valence-electron chi connectivity index (χ4n) is 7.26. The maximum Gasteiger partial charge on any atom is 0.410 e. The average molecular weight is 714 g/mol. The summed E-state index contributed by atoms with van der Waals surface area (Å²) in [6, 6.07) is 3.82. The normalized spacial score (nSPS) is 29.1. The molecule has 272 valence electrons. The summed E-state index contributed by atoms with van der Waals surface area (Å²) in [6.07, 6.45) is 4.54. The number of aryl methyl sites for hydroxylation is 1. The first kappa shape index (κ1) is 35.7. The Hall–Kier alpha value is -4.14. The summed E-state index contributed by atoms with van der Waals surface area (Å²) in [5.74, 6) is -3.06. The molecule has 5 amide bonds. The molecule has 1 saturated heterocycles. The van der Waals surface area contributed by atoms with Gasteiger partial charge in [-0.25, -0.2) is 18.0 Å². The van der Waals surface area contributed by atoms with E-state index in [-0.39, 0.29) is 26.0 Å². The van der Waals surface area contributed by atoms with Gasteiger partial charge in [0.15, 0.2) is 0 Å². The highest BCUT2D eigenvalue weighted by Crippen LogP contribution is 2.45. The van der Waals surface area contributed by atoms with Crippen molar-refractivity contribution in [2.24, 2.45) is 11.8 Å². The summed E-state index contributed by atoms with van der Waals surface area (Å²) in [5, 5.41) is 4.75. The molecule has 0 spiro atoms. The number of alkyl carbamates (subject to hydrolysis) is 1. The highest BCUT2D eigenvalue weighted by molar-refractivity contribution is 7.91. The number of sulfonamides is 1. The zero-order chi connectivity index (χ0) is 35.8. The molecule has 1 aromatic rings. The molecule has 6 rings (SSSR count). The molecular formula is C35H47N5O9S. The molecule has 5 atom stereocenters. The van der Waals surface area contributed by atoms with Crippen LogP contribution < -0.4 is 15.4 Å². The van der Waals surface area contributed by atoms with E-state index in [9.17, 15) is 32.4 Å². The van der Waals surface area contributed by atoms with Gasteiger partial charge in [0, 0.05) is 25.4 Å². The molecule has 0 aromatic heterocycles. The molecule has 2 aliphatic carbocycles. The maximum atomic E-state index is 14.2. The third kappa shape index (κ3) is 7.47. The molecule has 0 radical (unpaired) electrons. The van der Waals surface area contributed by atoms with Crippen molar-refractivity contribution in [3.05, 3.63) is 47.5 Å². The van der Waals surface area contributed by atoms with Gasteiger partial charge in [-0.2, -0.15) is 0 Å². The SMILES string of the molecule is C=CC1CC1(NC(=O)C1CC2CN1C(=O)C(C(C)C)NC(=O)OCCCCCCc1cccc3c1CN(C3)C(=O)O2)C(=O)NS(=O)(=O)C1CC1. The number of fused-ring (bicyclic) bond motifs is 3. The topological polar surface area (TPSA) is 181 Å². The average Bonchev–Trinajstić information content (AvgIpc) is 3.96. The molecule has 3 heterocycles. The molecule has 3 aliphatic heterocycles. The van der Waals surface area contributed by atoms with E-state index in [0.29, 0.717) is 32.4 Å². The van der Waals surface area contributed by atoms with Gasteiger partial charge >= 0.3 is 12.2 Å². The van der Waals surface area contributed by atoms with Crippen LogP contribution in [-0.2, 0) is 53.4 Å². The lowest BCUT2D eigenvalue weighted by molar-refractivity contribution is -0.141. The van der Waals surface area contributed by atoms with Crippen LogP contribution in [0.25, 0.3) is 0 Å². The Morgan fingerprint density at radius 3 is 2.52 bits per heavy atom. The van der Waals surface area contributed by atoms with Crippen LogP contribution in [0.1, 0.15) is 81.9 Å². The first-order valence-electron chi connectivity index (χ1n) is 17.6. The molecule has 5 unspecified atom stereocenters. The van der Waals surface area contributed by atoms with E-state index in [1.54, 1.807) is 18.7 Å². The van der Waals surface area contributed by atoms with E-state index in [2.05, 4.69) is 28.0 Å². The van der Waals surface area contributed by atoms with Crippen LogP contribution >= 0.6 is 0 Å². The van der Waals surface area contributed by atoms with E-state index in [0.717, 1.165) is 36.8 Å². The predicted molar refractivity (Wildman–Crippen MR) is 181 cm³/mol. The predicted octanol–water partition coefficient (Wildman–Crippen LogP) is 2.64. The quantitative estimate of drug-likeness (QED) is 0.358. The fourth-order valence-corrected chi connectivity index (χ4v) is 8.63. The number of carbonyl (C=O) groups excluding carboxylic acids is 5. The minimum Gasteiger partial charge on any atom is -0.450 e. The largest absolute Gasteiger partial charge is 0.450 e. The Kier molecular flexibility index (Phi) is 10.2. The van der Waals surface area contributed by atoms with E-state index in [1.807, 2.05) is 12.1 Å². The second-order valence-electron chi connectivity index (χ2n) is 14.5. The van der Waals surface area contributed by atoms with Gasteiger partial charge in [-0.15, -0.1) is 6.58 Å². The van der Waals surface area contributed by atoms with E-state index in [1.165, 1.54) is 16.5 Å². The summed E-state index contributed by atoms with van der Waals surface area (Å²) in [5.41, 5.74) is 1.77. The van der Waals surface area contributed by atoms with Crippen LogP contribution in [0.2, 0.25) is 0 Å². The summed E-state index contributed by atoms with van der Waals surface area (Å²) < 4.78 is 38.7. The lowest BCUT2D eigenvalue weighted by Crippen LogP contribution is -2.59. The van der Waals surface area contributed by atoms with Crippen LogP contribution in [0.4, 0.5) is 9.59 Å². The minimum atomic E-state index is -3.90. The number of ether oxygens (including phenoxy) is 2. The Labute approximate surface area is 292 Å². The summed E-state index contributed by atoms with van der Waals surface area (Å²) >= 11 is 0. The molecule has 3 fully saturated rings. The number of nitrogens with zero attached hydrogens (tertiary/aromatic N) is 2. The van der Waals surface area contributed by atoms with Crippen molar-refractivity contribution in [3.63, 3.8) is 0 Å². The lowest BCUT2D eigenvalue weighted by Gasteiger charge is -2.31. The maximum absolute atomic E-state index is 14.2. The van der Waals surface area contributed by atoms with Crippen LogP contribution in [0.5, 0.6) is 0 Å². The smallest absolute Gasteiger partial charge is 0.410 e. The number of amides is 5. The summed E-state index contributed by atoms with van der Waals surface area (Å²) in [6.45, 7) is 8.08. The van der Waals surface area contributed by atoms with Crippen LogP contribution in [-0.4, -0.2) is 90.3 Å². The van der Waals surface area contributed by atoms with Crippen molar-refractivity contribution in [1.82, 2.24) is 25.2 Å². The number of nitrogens with one attached hydrogen (secondary N) is 3. The van der Waals surface area contributed by atoms with Crippen molar-refractivity contribution in [3.8, 4) is 0 Å². The molecule has 3 N–H and O–H groups in total. The van der Waals surface area contributed by atoms with Crippen molar-refractivity contribution >= 4 is 39.9 Å². The van der Waals surface area contributed by atoms with Crippen LogP contribution in [0.15, 0.2) is 30.9 Å². The van der Waals surface area contributed by atoms with Gasteiger partial charge in [-0.05, 0) is 61.1 Å². The Bertz CT molecular complexity index is 1660. The minimum absolute atomic E-state index is 0.0680. The zero-order valence-electron chi connectivity index (χ0n) is 28.6. The number of benzene rings is 1. The third-order valence-corrected chi connectivity index (χ3v) is 12.3. The number of hydrogen-bond acceptors (Lipinski definition) is 9. The van der Waals surface area contributed by atoms with Gasteiger partial charge in [-0.1, -0.05) is 51.0 Å². The highest BCUT2D eigenvalue weighted by atomic mass is 32.2. The van der Waals surface area contributed by atoms with E-state index < -0.39 is 80.7 Å². The Morgan fingerprint density at radius 1 is 1.08 bits per heavy atom. The zero-order valence-corrected chi connectivity index (χ0v) is 29.5. The standard InChI is InChI=1S/C35H47N5O9S/c1-4-24-17-35(24,32(43)38-50(46,47)26-13-14-26)37-30(41)28-16-25-19-40(28)31(42)29(21(2)3)36-33(44)48-15-8-6-5-7-10-22-11-9-12-23-18-39(20-27(22)23)34(45)49-25/h4,9,11-12,21,24-26,28-29H,1,5-8,10,13-20H2,2-3H3,(H,36,44)(H,37,41)(H,38,43). The van der Waals surface area contributed by atoms with Crippen molar-refractivity contribution < 1.29 is 41.9 Å². The fraction of sp³-hybridized carbons (Fsp3) is 0.629. The van der Waals surface area contributed by atoms with E-state index in [4.69, 9.17) is 9.47 Å². The number of rotatable bonds is 7. The molecule has 5 aliphatic rings. The van der Waals surface area contributed by atoms with E-state index >= 15 is 0 Å². The van der Waals surface area contributed by atoms with Crippen LogP contribution in [0.3, 0.4) is 0 Å². The number of carbonyl (C=O) groups is 5. The van der Waals surface area contributed by atoms with Gasteiger partial charge in [0.05, 0.1) is 18.4 Å². The Morgan fingerprint density at radius 2 is 1.82 bits per heavy atom. The Balaban J connectivity index is 1.24.